The van der Waals surface area contributed by atoms with Gasteiger partial charge in [-0.3, -0.25) is 14.4 Å². The van der Waals surface area contributed by atoms with Crippen LogP contribution in [0, 0.1) is 11.8 Å². The van der Waals surface area contributed by atoms with Crippen LogP contribution in [-0.4, -0.2) is 94.0 Å². The lowest BCUT2D eigenvalue weighted by Gasteiger charge is -2.28. The number of para-hydroxylation sites is 1. The molecular formula is C47H71F3N6O9. The van der Waals surface area contributed by atoms with Gasteiger partial charge in [-0.05, 0) is 92.8 Å². The first-order valence-electron chi connectivity index (χ1n) is 22.7. The number of aromatic amines is 1. The molecule has 0 fully saturated rings. The van der Waals surface area contributed by atoms with E-state index < -0.39 is 54.0 Å². The van der Waals surface area contributed by atoms with Crippen molar-refractivity contribution >= 4 is 40.6 Å². The molecule has 0 aliphatic carbocycles. The van der Waals surface area contributed by atoms with Crippen molar-refractivity contribution < 1.29 is 57.2 Å². The third kappa shape index (κ3) is 20.1. The second-order valence-corrected chi connectivity index (χ2v) is 16.8. The fourth-order valence-corrected chi connectivity index (χ4v) is 7.15. The Bertz CT molecular complexity index is 1920. The Labute approximate surface area is 380 Å². The van der Waals surface area contributed by atoms with Crippen molar-refractivity contribution in [2.24, 2.45) is 23.3 Å². The second kappa shape index (κ2) is 29.2. The quantitative estimate of drug-likeness (QED) is 0.0317. The van der Waals surface area contributed by atoms with Gasteiger partial charge in [0.05, 0.1) is 12.1 Å². The molecule has 0 radical (unpaired) electrons. The molecule has 0 bridgehead atoms. The fourth-order valence-electron chi connectivity index (χ4n) is 7.15. The number of alkyl halides is 3. The van der Waals surface area contributed by atoms with Gasteiger partial charge in [-0.25, -0.2) is 9.59 Å². The van der Waals surface area contributed by atoms with Gasteiger partial charge in [-0.2, -0.15) is 13.2 Å². The van der Waals surface area contributed by atoms with E-state index in [1.165, 1.54) is 12.1 Å². The molecule has 3 rings (SSSR count). The molecule has 65 heavy (non-hydrogen) atoms. The summed E-state index contributed by atoms with van der Waals surface area (Å²) in [6.07, 6.45) is 7.61. The second-order valence-electron chi connectivity index (χ2n) is 16.8. The predicted molar refractivity (Wildman–Crippen MR) is 244 cm³/mol. The van der Waals surface area contributed by atoms with Crippen LogP contribution in [0.1, 0.15) is 133 Å². The monoisotopic (exact) mass is 921 g/mol. The van der Waals surface area contributed by atoms with Gasteiger partial charge in [0.1, 0.15) is 35.3 Å². The van der Waals surface area contributed by atoms with Crippen LogP contribution in [0.5, 0.6) is 11.5 Å². The molecule has 0 unspecified atom stereocenters. The first-order chi connectivity index (χ1) is 30.8. The summed E-state index contributed by atoms with van der Waals surface area (Å²) in [4.78, 5) is 66.6. The summed E-state index contributed by atoms with van der Waals surface area (Å²) in [7, 11) is 0. The number of phenols is 1. The topological polar surface area (TPSA) is 259 Å². The highest BCUT2D eigenvalue weighted by Gasteiger charge is 2.38. The highest BCUT2D eigenvalue weighted by atomic mass is 19.4. The fraction of sp³-hybridized carbons (Fsp3) is 0.596. The SMILES string of the molecule is CC[C@H](C)[C@H](NC(=O)[C@H](Cc1ccc(O)cc1)NC(=O)c1[nH]c2c(OCCCCCCCN)cccc2c1CCCCCCCCN)C(=O)N[C@@H](CC(C)C)C(=O)O.O=C(O)C(F)(F)F. The molecule has 0 saturated heterocycles. The van der Waals surface area contributed by atoms with Crippen molar-refractivity contribution in [2.75, 3.05) is 19.7 Å². The zero-order valence-electron chi connectivity index (χ0n) is 38.2. The van der Waals surface area contributed by atoms with Gasteiger partial charge in [-0.1, -0.05) is 103 Å². The number of carboxylic acid groups (broad SMARTS) is 2. The summed E-state index contributed by atoms with van der Waals surface area (Å²) >= 11 is 0. The van der Waals surface area contributed by atoms with E-state index >= 15 is 0 Å². The summed E-state index contributed by atoms with van der Waals surface area (Å²) < 4.78 is 38.0. The highest BCUT2D eigenvalue weighted by molar-refractivity contribution is 6.04. The highest BCUT2D eigenvalue weighted by Crippen LogP contribution is 2.32. The summed E-state index contributed by atoms with van der Waals surface area (Å²) in [5, 5.41) is 36.2. The zero-order chi connectivity index (χ0) is 48.5. The van der Waals surface area contributed by atoms with E-state index in [1.54, 1.807) is 12.1 Å². The number of nitrogens with one attached hydrogen (secondary N) is 4. The Kier molecular flexibility index (Phi) is 25.1. The number of aromatic hydroxyl groups is 1. The lowest BCUT2D eigenvalue weighted by atomic mass is 9.96. The summed E-state index contributed by atoms with van der Waals surface area (Å²) in [6, 6.07) is 8.88. The average Bonchev–Trinajstić information content (AvgIpc) is 3.63. The number of ether oxygens (including phenoxy) is 1. The van der Waals surface area contributed by atoms with Crippen molar-refractivity contribution in [3.8, 4) is 11.5 Å². The van der Waals surface area contributed by atoms with Gasteiger partial charge in [0.15, 0.2) is 0 Å². The van der Waals surface area contributed by atoms with Crippen molar-refractivity contribution in [3.05, 3.63) is 59.3 Å². The molecule has 15 nitrogen and oxygen atoms in total. The number of amides is 3. The first kappa shape index (κ1) is 55.8. The van der Waals surface area contributed by atoms with Crippen LogP contribution in [0.4, 0.5) is 13.2 Å². The lowest BCUT2D eigenvalue weighted by molar-refractivity contribution is -0.192. The number of H-pyrrole nitrogens is 1. The number of carbonyl (C=O) groups excluding carboxylic acids is 3. The Balaban J connectivity index is 0.00000191. The molecule has 4 atom stereocenters. The smallest absolute Gasteiger partial charge is 0.490 e. The van der Waals surface area contributed by atoms with Gasteiger partial charge in [-0.15, -0.1) is 0 Å². The Morgan fingerprint density at radius 2 is 1.32 bits per heavy atom. The minimum atomic E-state index is -5.08. The molecule has 18 heteroatoms. The molecule has 1 aromatic heterocycles. The molecule has 11 N–H and O–H groups in total. The molecular weight excluding hydrogens is 850 g/mol. The van der Waals surface area contributed by atoms with E-state index in [9.17, 15) is 42.6 Å². The number of halogens is 3. The molecule has 1 heterocycles. The van der Waals surface area contributed by atoms with Gasteiger partial charge < -0.3 is 52.5 Å². The Morgan fingerprint density at radius 3 is 1.86 bits per heavy atom. The number of rotatable bonds is 29. The number of unbranched alkanes of at least 4 members (excludes halogenated alkanes) is 9. The molecule has 2 aromatic carbocycles. The van der Waals surface area contributed by atoms with Gasteiger partial charge in [0, 0.05) is 11.8 Å². The average molecular weight is 921 g/mol. The summed E-state index contributed by atoms with van der Waals surface area (Å²) in [5.41, 5.74) is 13.9. The van der Waals surface area contributed by atoms with Gasteiger partial charge >= 0.3 is 18.1 Å². The molecule has 3 amide bonds. The van der Waals surface area contributed by atoms with Crippen LogP contribution in [0.25, 0.3) is 10.9 Å². The minimum Gasteiger partial charge on any atom is -0.508 e. The zero-order valence-corrected chi connectivity index (χ0v) is 38.2. The van der Waals surface area contributed by atoms with E-state index in [-0.39, 0.29) is 30.4 Å². The van der Waals surface area contributed by atoms with Crippen molar-refractivity contribution in [3.63, 3.8) is 0 Å². The van der Waals surface area contributed by atoms with Gasteiger partial charge in [0.2, 0.25) is 11.8 Å². The maximum atomic E-state index is 14.5. The molecule has 0 spiro atoms. The molecule has 0 aliphatic heterocycles. The number of nitrogens with two attached hydrogens (primary N) is 2. The number of phenolic OH excluding ortho intramolecular Hbond substituents is 1. The number of hydrogen-bond donors (Lipinski definition) is 9. The van der Waals surface area contributed by atoms with Crippen LogP contribution in [0.2, 0.25) is 0 Å². The van der Waals surface area contributed by atoms with Crippen LogP contribution in [0.15, 0.2) is 42.5 Å². The van der Waals surface area contributed by atoms with E-state index in [1.807, 2.05) is 45.9 Å². The number of hydrogen-bond acceptors (Lipinski definition) is 9. The van der Waals surface area contributed by atoms with Gasteiger partial charge in [0.25, 0.3) is 5.91 Å². The normalized spacial score (nSPS) is 13.3. The van der Waals surface area contributed by atoms with E-state index in [0.717, 1.165) is 87.1 Å². The maximum absolute atomic E-state index is 14.5. The molecule has 0 aliphatic rings. The van der Waals surface area contributed by atoms with Crippen molar-refractivity contribution in [2.45, 2.75) is 148 Å². The van der Waals surface area contributed by atoms with Crippen LogP contribution >= 0.6 is 0 Å². The number of benzene rings is 2. The van der Waals surface area contributed by atoms with E-state index in [4.69, 9.17) is 26.1 Å². The Morgan fingerprint density at radius 1 is 0.754 bits per heavy atom. The first-order valence-corrected chi connectivity index (χ1v) is 22.7. The van der Waals surface area contributed by atoms with E-state index in [2.05, 4.69) is 20.9 Å². The minimum absolute atomic E-state index is 0.0121. The van der Waals surface area contributed by atoms with Crippen molar-refractivity contribution in [1.82, 2.24) is 20.9 Å². The number of carbonyl (C=O) groups is 5. The summed E-state index contributed by atoms with van der Waals surface area (Å²) in [6.45, 7) is 9.36. The van der Waals surface area contributed by atoms with Crippen molar-refractivity contribution in [1.29, 1.82) is 0 Å². The summed E-state index contributed by atoms with van der Waals surface area (Å²) in [5.74, 6) is -5.21. The van der Waals surface area contributed by atoms with Crippen LogP contribution in [-0.2, 0) is 32.0 Å². The lowest BCUT2D eigenvalue weighted by Crippen LogP contribution is -2.58. The molecule has 364 valence electrons. The van der Waals surface area contributed by atoms with Crippen LogP contribution < -0.4 is 32.2 Å². The predicted octanol–water partition coefficient (Wildman–Crippen LogP) is 7.12. The molecule has 3 aromatic rings. The number of carboxylic acids is 2. The maximum Gasteiger partial charge on any atom is 0.490 e. The Hall–Kier alpha value is -5.36. The number of aryl methyl sites for hydroxylation is 1. The number of fused-ring (bicyclic) bond motifs is 1. The van der Waals surface area contributed by atoms with E-state index in [0.29, 0.717) is 49.5 Å². The largest absolute Gasteiger partial charge is 0.508 e. The number of aliphatic carboxylic acids is 2. The third-order valence-electron chi connectivity index (χ3n) is 11.0. The third-order valence-corrected chi connectivity index (χ3v) is 11.0. The van der Waals surface area contributed by atoms with Crippen LogP contribution in [0.3, 0.4) is 0 Å². The molecule has 0 saturated carbocycles. The standard InChI is InChI=1S/C45H70N6O7.C2HF3O2/c1-5-31(4)39(43(54)49-37(45(56)57)28-30(2)3)51-42(53)36(29-32-21-23-33(52)24-22-32)48-44(55)41-35(18-13-9-6-7-10-14-25-46)34-19-17-20-38(40(34)50-41)58-27-16-12-8-11-15-26-47;3-2(4,5)1(6)7/h17,19-24,30-31,36-37,39,50,52H,5-16,18,25-29,46-47H2,1-4H3,(H,48,55)(H,49,54)(H,51,53)(H,56,57);(H,6,7)/t31-,36-,37-,39-;/m0./s1. The number of aromatic nitrogens is 1.